The molecular weight excluding hydrogens is 174 g/mol. The maximum absolute atomic E-state index is 11.2. The summed E-state index contributed by atoms with van der Waals surface area (Å²) >= 11 is 0. The molecule has 1 atom stereocenters. The summed E-state index contributed by atoms with van der Waals surface area (Å²) in [6.45, 7) is 4.63. The topological polar surface area (TPSA) is 70.0 Å². The molecule has 1 aliphatic rings. The summed E-state index contributed by atoms with van der Waals surface area (Å²) in [5.41, 5.74) is -2.31. The smallest absolute Gasteiger partial charge is 0.412 e. The first-order valence-electron chi connectivity index (χ1n) is 4.17. The van der Waals surface area contributed by atoms with Gasteiger partial charge in [-0.2, -0.15) is 0 Å². The Labute approximate surface area is 76.9 Å². The van der Waals surface area contributed by atoms with Crippen LogP contribution in [0, 0.1) is 0 Å². The highest BCUT2D eigenvalue weighted by Crippen LogP contribution is 2.36. The second kappa shape index (κ2) is 2.85. The number of nitrogens with zero attached hydrogens (tertiary/aromatic N) is 1. The third-order valence-corrected chi connectivity index (χ3v) is 2.55. The zero-order valence-electron chi connectivity index (χ0n) is 8.07. The second-order valence-electron chi connectivity index (χ2n) is 3.77. The minimum Gasteiger partial charge on any atom is -0.438 e. The molecule has 0 saturated carbocycles. The highest BCUT2D eigenvalue weighted by molar-refractivity contribution is 5.72. The molecule has 0 radical (unpaired) electrons. The lowest BCUT2D eigenvalue weighted by Crippen LogP contribution is -2.54. The van der Waals surface area contributed by atoms with Gasteiger partial charge in [0.05, 0.1) is 13.2 Å². The minimum atomic E-state index is -1.37. The first-order chi connectivity index (χ1) is 5.83. The molecule has 1 amide bonds. The van der Waals surface area contributed by atoms with Gasteiger partial charge in [-0.1, -0.05) is 0 Å². The van der Waals surface area contributed by atoms with Crippen molar-refractivity contribution in [2.24, 2.45) is 0 Å². The van der Waals surface area contributed by atoms with Crippen LogP contribution in [0.3, 0.4) is 0 Å². The van der Waals surface area contributed by atoms with E-state index in [4.69, 9.17) is 9.84 Å². The minimum absolute atomic E-state index is 0.0786. The van der Waals surface area contributed by atoms with E-state index in [0.29, 0.717) is 0 Å². The van der Waals surface area contributed by atoms with E-state index in [2.05, 4.69) is 0 Å². The molecule has 0 aromatic rings. The van der Waals surface area contributed by atoms with Crippen LogP contribution in [0.2, 0.25) is 0 Å². The van der Waals surface area contributed by atoms with Crippen molar-refractivity contribution in [1.29, 1.82) is 0 Å². The number of hydrogen-bond donors (Lipinski definition) is 2. The van der Waals surface area contributed by atoms with E-state index in [9.17, 15) is 9.90 Å². The molecule has 1 fully saturated rings. The molecule has 1 rings (SSSR count). The Balaban J connectivity index is 2.91. The summed E-state index contributed by atoms with van der Waals surface area (Å²) in [4.78, 5) is 12.3. The fourth-order valence-electron chi connectivity index (χ4n) is 1.28. The fraction of sp³-hybridized carbons (Fsp3) is 0.875. The number of cyclic esters (lactones) is 1. The van der Waals surface area contributed by atoms with E-state index in [-0.39, 0.29) is 13.2 Å². The maximum atomic E-state index is 11.2. The normalized spacial score (nSPS) is 32.1. The van der Waals surface area contributed by atoms with Crippen LogP contribution in [-0.4, -0.2) is 45.7 Å². The van der Waals surface area contributed by atoms with Gasteiger partial charge in [-0.05, 0) is 20.8 Å². The number of β-amino-alcohol motifs (C(OH)–C–C–N with tert-alkyl or cyclic N) is 1. The largest absolute Gasteiger partial charge is 0.438 e. The van der Waals surface area contributed by atoms with Gasteiger partial charge >= 0.3 is 6.09 Å². The van der Waals surface area contributed by atoms with Crippen LogP contribution in [0.15, 0.2) is 0 Å². The van der Waals surface area contributed by atoms with Crippen LogP contribution in [0.25, 0.3) is 0 Å². The lowest BCUT2D eigenvalue weighted by molar-refractivity contribution is -0.129. The number of aliphatic hydroxyl groups is 2. The molecule has 0 unspecified atom stereocenters. The molecule has 13 heavy (non-hydrogen) atoms. The molecule has 0 aromatic heterocycles. The molecule has 1 saturated heterocycles. The van der Waals surface area contributed by atoms with Crippen molar-refractivity contribution in [2.75, 3.05) is 13.2 Å². The average Bonchev–Trinajstić information content (AvgIpc) is 2.10. The Morgan fingerprint density at radius 2 is 2.00 bits per heavy atom. The quantitative estimate of drug-likeness (QED) is 0.637. The lowest BCUT2D eigenvalue weighted by Gasteiger charge is -2.34. The van der Waals surface area contributed by atoms with E-state index in [0.717, 1.165) is 4.90 Å². The molecule has 5 heteroatoms. The van der Waals surface area contributed by atoms with Crippen molar-refractivity contribution in [3.8, 4) is 0 Å². The van der Waals surface area contributed by atoms with E-state index < -0.39 is 17.4 Å². The van der Waals surface area contributed by atoms with Crippen molar-refractivity contribution >= 4 is 6.09 Å². The summed E-state index contributed by atoms with van der Waals surface area (Å²) in [6.07, 6.45) is -0.593. The third kappa shape index (κ3) is 1.38. The predicted molar refractivity (Wildman–Crippen MR) is 45.0 cm³/mol. The molecule has 76 valence electrons. The van der Waals surface area contributed by atoms with E-state index in [1.807, 2.05) is 0 Å². The maximum Gasteiger partial charge on any atom is 0.412 e. The zero-order chi connectivity index (χ0) is 10.3. The third-order valence-electron chi connectivity index (χ3n) is 2.55. The van der Waals surface area contributed by atoms with E-state index >= 15 is 0 Å². The Hall–Kier alpha value is -0.810. The van der Waals surface area contributed by atoms with Crippen molar-refractivity contribution in [1.82, 2.24) is 4.90 Å². The van der Waals surface area contributed by atoms with Gasteiger partial charge in [-0.25, -0.2) is 4.79 Å². The molecule has 0 bridgehead atoms. The summed E-state index contributed by atoms with van der Waals surface area (Å²) in [5, 5.41) is 18.6. The highest BCUT2D eigenvalue weighted by Gasteiger charge is 2.56. The molecule has 0 aromatic carbocycles. The predicted octanol–water partition coefficient (Wildman–Crippen LogP) is -0.0820. The van der Waals surface area contributed by atoms with Crippen LogP contribution in [-0.2, 0) is 4.74 Å². The summed E-state index contributed by atoms with van der Waals surface area (Å²) < 4.78 is 4.96. The van der Waals surface area contributed by atoms with Crippen molar-refractivity contribution in [3.63, 3.8) is 0 Å². The van der Waals surface area contributed by atoms with Crippen LogP contribution in [0.4, 0.5) is 4.79 Å². The number of aliphatic hydroxyl groups excluding tert-OH is 1. The summed E-state index contributed by atoms with van der Waals surface area (Å²) in [5.74, 6) is 0. The number of carbonyl (C=O) groups is 1. The molecule has 0 aliphatic carbocycles. The van der Waals surface area contributed by atoms with Gasteiger partial charge in [0.25, 0.3) is 0 Å². The number of amides is 1. The fourth-order valence-corrected chi connectivity index (χ4v) is 1.28. The van der Waals surface area contributed by atoms with Gasteiger partial charge in [0.2, 0.25) is 0 Å². The molecule has 5 nitrogen and oxygen atoms in total. The van der Waals surface area contributed by atoms with Gasteiger partial charge in [0.1, 0.15) is 0 Å². The lowest BCUT2D eigenvalue weighted by atomic mass is 9.96. The Bertz CT molecular complexity index is 224. The van der Waals surface area contributed by atoms with Crippen molar-refractivity contribution < 1.29 is 19.7 Å². The van der Waals surface area contributed by atoms with Crippen LogP contribution >= 0.6 is 0 Å². The SMILES string of the molecule is CC1(C)OC(=O)N(CCO)[C@@]1(C)O. The molecular formula is C8H15NO4. The molecule has 1 aliphatic heterocycles. The zero-order valence-corrected chi connectivity index (χ0v) is 8.07. The molecule has 1 heterocycles. The van der Waals surface area contributed by atoms with Crippen LogP contribution in [0.1, 0.15) is 20.8 Å². The Kier molecular flexibility index (Phi) is 2.25. The number of carbonyl (C=O) groups excluding carboxylic acids is 1. The summed E-state index contributed by atoms with van der Waals surface area (Å²) in [6, 6.07) is 0. The summed E-state index contributed by atoms with van der Waals surface area (Å²) in [7, 11) is 0. The molecule has 2 N–H and O–H groups in total. The van der Waals surface area contributed by atoms with Crippen molar-refractivity contribution in [3.05, 3.63) is 0 Å². The second-order valence-corrected chi connectivity index (χ2v) is 3.77. The number of rotatable bonds is 2. The van der Waals surface area contributed by atoms with Gasteiger partial charge in [-0.15, -0.1) is 0 Å². The first kappa shape index (κ1) is 10.3. The monoisotopic (exact) mass is 189 g/mol. The van der Waals surface area contributed by atoms with E-state index in [1.54, 1.807) is 13.8 Å². The number of ether oxygens (including phenoxy) is 1. The van der Waals surface area contributed by atoms with Gasteiger partial charge < -0.3 is 14.9 Å². The van der Waals surface area contributed by atoms with Crippen molar-refractivity contribution in [2.45, 2.75) is 32.1 Å². The van der Waals surface area contributed by atoms with Gasteiger partial charge in [-0.3, -0.25) is 4.90 Å². The van der Waals surface area contributed by atoms with Gasteiger partial charge in [0.15, 0.2) is 11.3 Å². The van der Waals surface area contributed by atoms with Crippen LogP contribution in [0.5, 0.6) is 0 Å². The Morgan fingerprint density at radius 1 is 1.46 bits per heavy atom. The average molecular weight is 189 g/mol. The first-order valence-corrected chi connectivity index (χ1v) is 4.17. The Morgan fingerprint density at radius 3 is 2.31 bits per heavy atom. The van der Waals surface area contributed by atoms with Crippen LogP contribution < -0.4 is 0 Å². The van der Waals surface area contributed by atoms with Gasteiger partial charge in [0, 0.05) is 0 Å². The highest BCUT2D eigenvalue weighted by atomic mass is 16.6. The standard InChI is InChI=1S/C8H15NO4/c1-7(2)8(3,12)9(4-5-10)6(11)13-7/h10,12H,4-5H2,1-3H3/t8-/m0/s1. The number of hydrogen-bond acceptors (Lipinski definition) is 4. The molecule has 0 spiro atoms. The van der Waals surface area contributed by atoms with E-state index in [1.165, 1.54) is 6.92 Å².